The maximum absolute atomic E-state index is 11.3. The fraction of sp³-hybridized carbons (Fsp3) is 0.833. The number of rotatable bonds is 1. The van der Waals surface area contributed by atoms with E-state index in [9.17, 15) is 9.36 Å². The van der Waals surface area contributed by atoms with Crippen molar-refractivity contribution in [3.8, 4) is 0 Å². The Bertz CT molecular complexity index is 202. The van der Waals surface area contributed by atoms with Gasteiger partial charge in [0.2, 0.25) is 0 Å². The molecule has 10 heavy (non-hydrogen) atoms. The van der Waals surface area contributed by atoms with E-state index in [2.05, 4.69) is 5.09 Å². The fourth-order valence-corrected chi connectivity index (χ4v) is 2.98. The summed E-state index contributed by atoms with van der Waals surface area (Å²) >= 11 is 0. The van der Waals surface area contributed by atoms with E-state index in [4.69, 9.17) is 0 Å². The minimum Gasteiger partial charge on any atom is -0.307 e. The zero-order valence-electron chi connectivity index (χ0n) is 6.26. The number of nitrogens with one attached hydrogen (secondary N) is 1. The molecule has 0 amide bonds. The predicted molar refractivity (Wildman–Crippen MR) is 40.6 cm³/mol. The molecule has 1 saturated heterocycles. The lowest BCUT2D eigenvalue weighted by Crippen LogP contribution is -2.26. The first kappa shape index (κ1) is 7.96. The van der Waals surface area contributed by atoms with E-state index in [0.29, 0.717) is 6.16 Å². The summed E-state index contributed by atoms with van der Waals surface area (Å²) < 4.78 is 11.3. The van der Waals surface area contributed by atoms with E-state index < -0.39 is 7.29 Å². The lowest BCUT2D eigenvalue weighted by molar-refractivity contribution is -0.118. The molecule has 0 aliphatic carbocycles. The van der Waals surface area contributed by atoms with Crippen LogP contribution >= 0.6 is 7.29 Å². The van der Waals surface area contributed by atoms with E-state index in [0.717, 1.165) is 6.42 Å². The third-order valence-corrected chi connectivity index (χ3v) is 3.73. The number of carbonyl (C=O) groups is 1. The number of Topliss-reactive ketones (excluding diaryl/α,β-unsaturated/α-hetero) is 1. The summed E-state index contributed by atoms with van der Waals surface area (Å²) in [6, 6.07) is -0.143. The third-order valence-electron chi connectivity index (χ3n) is 1.76. The van der Waals surface area contributed by atoms with Gasteiger partial charge in [0.15, 0.2) is 0 Å². The average molecular weight is 161 g/mol. The van der Waals surface area contributed by atoms with E-state index >= 15 is 0 Å². The molecule has 1 aliphatic heterocycles. The van der Waals surface area contributed by atoms with Crippen LogP contribution in [0.5, 0.6) is 0 Å². The number of carbonyl (C=O) groups excluding carboxylic acids is 1. The van der Waals surface area contributed by atoms with Crippen molar-refractivity contribution in [3.05, 3.63) is 0 Å². The number of hydrogen-bond donors (Lipinski definition) is 1. The van der Waals surface area contributed by atoms with Crippen molar-refractivity contribution in [3.63, 3.8) is 0 Å². The van der Waals surface area contributed by atoms with Gasteiger partial charge >= 0.3 is 0 Å². The monoisotopic (exact) mass is 161 g/mol. The molecular formula is C6H12NO2P. The molecule has 1 rings (SSSR count). The largest absolute Gasteiger partial charge is 0.307 e. The first-order chi connectivity index (χ1) is 4.51. The minimum absolute atomic E-state index is 0.0968. The standard InChI is InChI=1S/C6H12NO2P/c1-5(8)6-3-4-10(2,9)7-6/h6H,3-4H2,1-2H3,(H,7,9)/t6-,10?/m0/s1. The smallest absolute Gasteiger partial charge is 0.147 e. The lowest BCUT2D eigenvalue weighted by Gasteiger charge is -2.06. The van der Waals surface area contributed by atoms with E-state index in [1.807, 2.05) is 0 Å². The molecule has 58 valence electrons. The summed E-state index contributed by atoms with van der Waals surface area (Å²) in [5.74, 6) is 0.0968. The molecule has 1 aliphatic rings. The van der Waals surface area contributed by atoms with Crippen molar-refractivity contribution in [1.29, 1.82) is 0 Å². The number of hydrogen-bond acceptors (Lipinski definition) is 2. The summed E-state index contributed by atoms with van der Waals surface area (Å²) in [5.41, 5.74) is 0. The Hall–Kier alpha value is -0.140. The second kappa shape index (κ2) is 2.48. The molecule has 0 aromatic carbocycles. The third kappa shape index (κ3) is 1.68. The second-order valence-corrected chi connectivity index (χ2v) is 5.81. The minimum atomic E-state index is -2.12. The van der Waals surface area contributed by atoms with Crippen molar-refractivity contribution >= 4 is 13.1 Å². The van der Waals surface area contributed by atoms with Gasteiger partial charge in [-0.25, -0.2) is 0 Å². The molecule has 0 spiro atoms. The number of ketones is 1. The van der Waals surface area contributed by atoms with Gasteiger partial charge in [0.25, 0.3) is 0 Å². The highest BCUT2D eigenvalue weighted by atomic mass is 31.2. The summed E-state index contributed by atoms with van der Waals surface area (Å²) in [7, 11) is -2.12. The molecule has 1 fully saturated rings. The van der Waals surface area contributed by atoms with Crippen molar-refractivity contribution < 1.29 is 9.36 Å². The normalized spacial score (nSPS) is 40.0. The van der Waals surface area contributed by atoms with Gasteiger partial charge in [0.05, 0.1) is 6.04 Å². The molecule has 0 radical (unpaired) electrons. The zero-order chi connectivity index (χ0) is 7.78. The Labute approximate surface area is 60.6 Å². The molecular weight excluding hydrogens is 149 g/mol. The van der Waals surface area contributed by atoms with Gasteiger partial charge in [0, 0.05) is 12.8 Å². The predicted octanol–water partition coefficient (Wildman–Crippen LogP) is 0.845. The molecule has 0 aromatic heterocycles. The van der Waals surface area contributed by atoms with Gasteiger partial charge in [-0.2, -0.15) is 0 Å². The second-order valence-electron chi connectivity index (χ2n) is 2.91. The Morgan fingerprint density at radius 2 is 2.30 bits per heavy atom. The van der Waals surface area contributed by atoms with Crippen LogP contribution < -0.4 is 5.09 Å². The summed E-state index contributed by atoms with van der Waals surface area (Å²) in [6.45, 7) is 3.22. The first-order valence-electron chi connectivity index (χ1n) is 3.36. The van der Waals surface area contributed by atoms with Gasteiger partial charge in [-0.1, -0.05) is 0 Å². The van der Waals surface area contributed by atoms with Gasteiger partial charge in [0.1, 0.15) is 13.1 Å². The van der Waals surface area contributed by atoms with Gasteiger partial charge in [-0.15, -0.1) is 0 Å². The van der Waals surface area contributed by atoms with E-state index in [1.54, 1.807) is 6.66 Å². The zero-order valence-corrected chi connectivity index (χ0v) is 7.15. The molecule has 1 N–H and O–H groups in total. The molecule has 1 heterocycles. The maximum Gasteiger partial charge on any atom is 0.147 e. The molecule has 0 aromatic rings. The summed E-state index contributed by atoms with van der Waals surface area (Å²) in [5, 5.41) is 2.84. The Kier molecular flexibility index (Phi) is 1.97. The maximum atomic E-state index is 11.3. The van der Waals surface area contributed by atoms with Crippen LogP contribution in [-0.2, 0) is 9.36 Å². The molecule has 4 heteroatoms. The molecule has 3 nitrogen and oxygen atoms in total. The van der Waals surface area contributed by atoms with Crippen LogP contribution in [0.15, 0.2) is 0 Å². The van der Waals surface area contributed by atoms with E-state index in [1.165, 1.54) is 6.92 Å². The molecule has 0 saturated carbocycles. The Morgan fingerprint density at radius 3 is 2.50 bits per heavy atom. The van der Waals surface area contributed by atoms with Gasteiger partial charge < -0.3 is 4.57 Å². The van der Waals surface area contributed by atoms with E-state index in [-0.39, 0.29) is 11.8 Å². The fourth-order valence-electron chi connectivity index (χ4n) is 1.13. The van der Waals surface area contributed by atoms with Crippen molar-refractivity contribution in [2.75, 3.05) is 12.8 Å². The molecule has 1 unspecified atom stereocenters. The quantitative estimate of drug-likeness (QED) is 0.580. The first-order valence-corrected chi connectivity index (χ1v) is 5.70. The molecule has 2 atom stereocenters. The van der Waals surface area contributed by atoms with Crippen LogP contribution in [0, 0.1) is 0 Å². The highest BCUT2D eigenvalue weighted by Crippen LogP contribution is 2.43. The summed E-state index contributed by atoms with van der Waals surface area (Å²) in [6.07, 6.45) is 1.40. The molecule has 0 bridgehead atoms. The SMILES string of the molecule is CC(=O)[C@@H]1CCP(C)(=O)N1. The highest BCUT2D eigenvalue weighted by molar-refractivity contribution is 7.61. The van der Waals surface area contributed by atoms with Crippen molar-refractivity contribution in [1.82, 2.24) is 5.09 Å². The topological polar surface area (TPSA) is 46.2 Å². The van der Waals surface area contributed by atoms with Crippen LogP contribution in [0.3, 0.4) is 0 Å². The van der Waals surface area contributed by atoms with Crippen molar-refractivity contribution in [2.45, 2.75) is 19.4 Å². The summed E-state index contributed by atoms with van der Waals surface area (Å²) in [4.78, 5) is 10.8. The van der Waals surface area contributed by atoms with Crippen LogP contribution in [0.1, 0.15) is 13.3 Å². The van der Waals surface area contributed by atoms with Gasteiger partial charge in [-0.3, -0.25) is 9.88 Å². The highest BCUT2D eigenvalue weighted by Gasteiger charge is 2.30. The average Bonchev–Trinajstić information content (AvgIpc) is 2.10. The Balaban J connectivity index is 2.60. The Morgan fingerprint density at radius 1 is 1.70 bits per heavy atom. The lowest BCUT2D eigenvalue weighted by atomic mass is 10.2. The van der Waals surface area contributed by atoms with Crippen LogP contribution in [0.4, 0.5) is 0 Å². The van der Waals surface area contributed by atoms with Crippen LogP contribution in [0.25, 0.3) is 0 Å². The van der Waals surface area contributed by atoms with Crippen LogP contribution in [0.2, 0.25) is 0 Å². The van der Waals surface area contributed by atoms with Crippen molar-refractivity contribution in [2.24, 2.45) is 0 Å². The van der Waals surface area contributed by atoms with Crippen LogP contribution in [-0.4, -0.2) is 24.7 Å². The van der Waals surface area contributed by atoms with Gasteiger partial charge in [-0.05, 0) is 13.3 Å².